The number of carbonyl (C=O) groups excluding carboxylic acids is 1. The maximum Gasteiger partial charge on any atom is 0.326 e. The number of hydrogen-bond acceptors (Lipinski definition) is 4. The molecule has 0 spiro atoms. The second-order valence-electron chi connectivity index (χ2n) is 4.95. The number of carboxylic acids is 1. The number of carbonyl (C=O) groups is 2. The van der Waals surface area contributed by atoms with E-state index in [1.807, 2.05) is 0 Å². The number of aliphatic carboxylic acids is 1. The minimum absolute atomic E-state index is 0.0215. The van der Waals surface area contributed by atoms with Gasteiger partial charge in [-0.1, -0.05) is 13.8 Å². The summed E-state index contributed by atoms with van der Waals surface area (Å²) in [7, 11) is 0. The Morgan fingerprint density at radius 3 is 2.48 bits per heavy atom. The van der Waals surface area contributed by atoms with Crippen LogP contribution in [0.5, 0.6) is 0 Å². The van der Waals surface area contributed by atoms with Crippen LogP contribution in [0.15, 0.2) is 18.2 Å². The number of carboxylic acid groups (broad SMARTS) is 1. The monoisotopic (exact) mass is 298 g/mol. The third-order valence-corrected chi connectivity index (χ3v) is 2.67. The molecule has 0 saturated heterocycles. The summed E-state index contributed by atoms with van der Waals surface area (Å²) in [6.07, 6.45) is 0.193. The molecule has 0 aliphatic rings. The van der Waals surface area contributed by atoms with Gasteiger partial charge >= 0.3 is 5.97 Å². The summed E-state index contributed by atoms with van der Waals surface area (Å²) < 4.78 is 13.3. The number of nitro benzene ring substituents is 1. The van der Waals surface area contributed by atoms with Crippen molar-refractivity contribution in [3.63, 3.8) is 0 Å². The number of amides is 1. The fourth-order valence-electron chi connectivity index (χ4n) is 1.75. The summed E-state index contributed by atoms with van der Waals surface area (Å²) in [6, 6.07) is 1.25. The molecule has 0 aromatic heterocycles. The van der Waals surface area contributed by atoms with Crippen LogP contribution in [0.1, 0.15) is 30.6 Å². The first-order valence-electron chi connectivity index (χ1n) is 6.19. The maximum atomic E-state index is 13.3. The van der Waals surface area contributed by atoms with Gasteiger partial charge in [-0.05, 0) is 18.4 Å². The normalized spacial score (nSPS) is 12.0. The molecule has 0 bridgehead atoms. The average molecular weight is 298 g/mol. The van der Waals surface area contributed by atoms with Crippen molar-refractivity contribution in [3.05, 3.63) is 39.7 Å². The van der Waals surface area contributed by atoms with E-state index in [0.29, 0.717) is 6.07 Å². The Hall–Kier alpha value is -2.51. The number of hydrogen-bond donors (Lipinski definition) is 2. The van der Waals surface area contributed by atoms with Crippen LogP contribution in [0.4, 0.5) is 10.1 Å². The Kier molecular flexibility index (Phi) is 5.34. The molecular formula is C13H15FN2O5. The van der Waals surface area contributed by atoms with E-state index in [9.17, 15) is 24.1 Å². The molecule has 21 heavy (non-hydrogen) atoms. The van der Waals surface area contributed by atoms with Crippen LogP contribution < -0.4 is 5.32 Å². The summed E-state index contributed by atoms with van der Waals surface area (Å²) in [5.41, 5.74) is -0.868. The molecule has 0 saturated carbocycles. The number of benzene rings is 1. The van der Waals surface area contributed by atoms with Gasteiger partial charge in [0.05, 0.1) is 11.0 Å². The summed E-state index contributed by atoms with van der Waals surface area (Å²) in [4.78, 5) is 32.7. The maximum absolute atomic E-state index is 13.3. The van der Waals surface area contributed by atoms with Crippen molar-refractivity contribution in [3.8, 4) is 0 Å². The van der Waals surface area contributed by atoms with Gasteiger partial charge in [-0.25, -0.2) is 9.18 Å². The molecule has 0 heterocycles. The third kappa shape index (κ3) is 4.83. The standard InChI is InChI=1S/C13H15FN2O5/c1-7(2)3-11(13(18)19)15-12(17)8-4-9(14)6-10(5-8)16(20)21/h4-7,11H,3H2,1-2H3,(H,15,17)(H,18,19)/t11-/m1/s1. The van der Waals surface area contributed by atoms with Crippen LogP contribution in [-0.4, -0.2) is 27.9 Å². The molecule has 1 aromatic rings. The zero-order chi connectivity index (χ0) is 16.2. The Morgan fingerprint density at radius 1 is 1.38 bits per heavy atom. The van der Waals surface area contributed by atoms with E-state index in [2.05, 4.69) is 5.32 Å². The molecule has 1 aromatic carbocycles. The van der Waals surface area contributed by atoms with Crippen LogP contribution >= 0.6 is 0 Å². The van der Waals surface area contributed by atoms with E-state index in [-0.39, 0.29) is 17.9 Å². The molecule has 2 N–H and O–H groups in total. The predicted octanol–water partition coefficient (Wildman–Crippen LogP) is 1.96. The van der Waals surface area contributed by atoms with E-state index in [4.69, 9.17) is 5.11 Å². The molecule has 1 amide bonds. The van der Waals surface area contributed by atoms with Gasteiger partial charge in [0.1, 0.15) is 11.9 Å². The lowest BCUT2D eigenvalue weighted by molar-refractivity contribution is -0.385. The van der Waals surface area contributed by atoms with Gasteiger partial charge in [0.2, 0.25) is 0 Å². The Balaban J connectivity index is 2.97. The number of halogens is 1. The van der Waals surface area contributed by atoms with E-state index < -0.39 is 34.3 Å². The number of rotatable bonds is 6. The fourth-order valence-corrected chi connectivity index (χ4v) is 1.75. The number of nitrogens with zero attached hydrogens (tertiary/aromatic N) is 1. The van der Waals surface area contributed by atoms with Crippen LogP contribution in [0.2, 0.25) is 0 Å². The van der Waals surface area contributed by atoms with Crippen molar-refractivity contribution >= 4 is 17.6 Å². The lowest BCUT2D eigenvalue weighted by Crippen LogP contribution is -2.41. The molecule has 0 aliphatic carbocycles. The lowest BCUT2D eigenvalue weighted by atomic mass is 10.0. The largest absolute Gasteiger partial charge is 0.480 e. The van der Waals surface area contributed by atoms with Gasteiger partial charge < -0.3 is 10.4 Å². The summed E-state index contributed by atoms with van der Waals surface area (Å²) in [5.74, 6) is -3.01. The zero-order valence-corrected chi connectivity index (χ0v) is 11.5. The number of nitro groups is 1. The van der Waals surface area contributed by atoms with Crippen molar-refractivity contribution in [2.45, 2.75) is 26.3 Å². The van der Waals surface area contributed by atoms with Crippen molar-refractivity contribution in [1.82, 2.24) is 5.32 Å². The Morgan fingerprint density at radius 2 is 2.00 bits per heavy atom. The molecule has 0 radical (unpaired) electrons. The highest BCUT2D eigenvalue weighted by atomic mass is 19.1. The van der Waals surface area contributed by atoms with E-state index in [1.165, 1.54) is 0 Å². The number of nitrogens with one attached hydrogen (secondary N) is 1. The van der Waals surface area contributed by atoms with Gasteiger partial charge in [0.15, 0.2) is 0 Å². The van der Waals surface area contributed by atoms with Gasteiger partial charge in [0.25, 0.3) is 11.6 Å². The Bertz CT molecular complexity index is 574. The highest BCUT2D eigenvalue weighted by Gasteiger charge is 2.23. The number of non-ortho nitro benzene ring substituents is 1. The second kappa shape index (κ2) is 6.78. The molecule has 1 rings (SSSR count). The lowest BCUT2D eigenvalue weighted by Gasteiger charge is -2.16. The minimum Gasteiger partial charge on any atom is -0.480 e. The quantitative estimate of drug-likeness (QED) is 0.616. The smallest absolute Gasteiger partial charge is 0.326 e. The van der Waals surface area contributed by atoms with Gasteiger partial charge in [-0.3, -0.25) is 14.9 Å². The molecular weight excluding hydrogens is 283 g/mol. The predicted molar refractivity (Wildman–Crippen MR) is 71.4 cm³/mol. The third-order valence-electron chi connectivity index (χ3n) is 2.67. The fraction of sp³-hybridized carbons (Fsp3) is 0.385. The van der Waals surface area contributed by atoms with Crippen molar-refractivity contribution in [2.75, 3.05) is 0 Å². The van der Waals surface area contributed by atoms with Crippen molar-refractivity contribution < 1.29 is 24.0 Å². The van der Waals surface area contributed by atoms with Gasteiger partial charge in [0, 0.05) is 11.6 Å². The molecule has 1 atom stereocenters. The zero-order valence-electron chi connectivity index (χ0n) is 11.5. The highest BCUT2D eigenvalue weighted by molar-refractivity contribution is 5.97. The van der Waals surface area contributed by atoms with Crippen molar-refractivity contribution in [2.24, 2.45) is 5.92 Å². The first-order chi connectivity index (χ1) is 9.70. The highest BCUT2D eigenvalue weighted by Crippen LogP contribution is 2.16. The summed E-state index contributed by atoms with van der Waals surface area (Å²) in [6.45, 7) is 3.57. The molecule has 0 unspecified atom stereocenters. The summed E-state index contributed by atoms with van der Waals surface area (Å²) >= 11 is 0. The molecule has 8 heteroatoms. The topological polar surface area (TPSA) is 110 Å². The molecule has 0 aliphatic heterocycles. The summed E-state index contributed by atoms with van der Waals surface area (Å²) in [5, 5.41) is 21.9. The van der Waals surface area contributed by atoms with Crippen LogP contribution in [0, 0.1) is 21.8 Å². The minimum atomic E-state index is -1.22. The van der Waals surface area contributed by atoms with E-state index in [0.717, 1.165) is 12.1 Å². The van der Waals surface area contributed by atoms with Crippen LogP contribution in [-0.2, 0) is 4.79 Å². The SMILES string of the molecule is CC(C)C[C@@H](NC(=O)c1cc(F)cc([N+](=O)[O-])c1)C(=O)O. The van der Waals surface area contributed by atoms with E-state index in [1.54, 1.807) is 13.8 Å². The van der Waals surface area contributed by atoms with Crippen molar-refractivity contribution in [1.29, 1.82) is 0 Å². The van der Waals surface area contributed by atoms with Crippen LogP contribution in [0.3, 0.4) is 0 Å². The molecule has 0 fully saturated rings. The van der Waals surface area contributed by atoms with E-state index >= 15 is 0 Å². The Labute approximate surface area is 119 Å². The second-order valence-corrected chi connectivity index (χ2v) is 4.95. The molecule has 114 valence electrons. The van der Waals surface area contributed by atoms with Gasteiger partial charge in [-0.2, -0.15) is 0 Å². The van der Waals surface area contributed by atoms with Gasteiger partial charge in [-0.15, -0.1) is 0 Å². The first kappa shape index (κ1) is 16.5. The van der Waals surface area contributed by atoms with Crippen LogP contribution in [0.25, 0.3) is 0 Å². The first-order valence-corrected chi connectivity index (χ1v) is 6.19. The average Bonchev–Trinajstić information content (AvgIpc) is 2.36. The molecule has 7 nitrogen and oxygen atoms in total.